The van der Waals surface area contributed by atoms with Gasteiger partial charge < -0.3 is 10.6 Å². The minimum atomic E-state index is -0.204. The van der Waals surface area contributed by atoms with Crippen LogP contribution in [0.25, 0.3) is 0 Å². The van der Waals surface area contributed by atoms with Crippen LogP contribution >= 0.6 is 22.9 Å². The van der Waals surface area contributed by atoms with Crippen molar-refractivity contribution in [3.8, 4) is 0 Å². The summed E-state index contributed by atoms with van der Waals surface area (Å²) in [4.78, 5) is 12.3. The molecule has 1 unspecified atom stereocenters. The zero-order valence-corrected chi connectivity index (χ0v) is 16.8. The fourth-order valence-corrected chi connectivity index (χ4v) is 3.32. The Bertz CT molecular complexity index is 893. The van der Waals surface area contributed by atoms with E-state index in [0.29, 0.717) is 18.1 Å². The lowest BCUT2D eigenvalue weighted by atomic mass is 10.1. The Labute approximate surface area is 167 Å². The molecule has 7 heteroatoms. The molecule has 0 aliphatic carbocycles. The molecule has 0 aliphatic heterocycles. The highest BCUT2D eigenvalue weighted by atomic mass is 35.5. The molecule has 0 fully saturated rings. The standard InChI is InChI=1S/C20H21ClN4OS/c1-13-3-5-15(6-4-13)11-23-19(26)20-25-24-18(27-20)12-22-14(2)16-7-9-17(21)10-8-16/h3-10,14,22H,11-12H2,1-2H3,(H,23,26). The number of carbonyl (C=O) groups excluding carboxylic acids is 1. The van der Waals surface area contributed by atoms with Crippen LogP contribution in [-0.2, 0) is 13.1 Å². The molecule has 0 aliphatic rings. The number of carbonyl (C=O) groups is 1. The number of nitrogens with one attached hydrogen (secondary N) is 2. The molecular weight excluding hydrogens is 380 g/mol. The summed E-state index contributed by atoms with van der Waals surface area (Å²) in [5.74, 6) is -0.204. The summed E-state index contributed by atoms with van der Waals surface area (Å²) in [5.41, 5.74) is 3.39. The third-order valence-electron chi connectivity index (χ3n) is 4.16. The topological polar surface area (TPSA) is 66.9 Å². The highest BCUT2D eigenvalue weighted by Crippen LogP contribution is 2.17. The van der Waals surface area contributed by atoms with Gasteiger partial charge in [-0.3, -0.25) is 4.79 Å². The Morgan fingerprint density at radius 2 is 1.78 bits per heavy atom. The van der Waals surface area contributed by atoms with Crippen LogP contribution < -0.4 is 10.6 Å². The Morgan fingerprint density at radius 3 is 2.48 bits per heavy atom. The average Bonchev–Trinajstić information content (AvgIpc) is 3.15. The van der Waals surface area contributed by atoms with Gasteiger partial charge in [-0.1, -0.05) is 64.9 Å². The zero-order valence-electron chi connectivity index (χ0n) is 15.2. The molecule has 1 amide bonds. The van der Waals surface area contributed by atoms with E-state index >= 15 is 0 Å². The summed E-state index contributed by atoms with van der Waals surface area (Å²) in [6, 6.07) is 15.9. The van der Waals surface area contributed by atoms with Gasteiger partial charge in [-0.05, 0) is 37.1 Å². The normalized spacial score (nSPS) is 12.0. The van der Waals surface area contributed by atoms with Crippen LogP contribution in [0.1, 0.15) is 44.5 Å². The second-order valence-corrected chi connectivity index (χ2v) is 7.82. The molecule has 0 saturated carbocycles. The van der Waals surface area contributed by atoms with Crippen molar-refractivity contribution in [2.75, 3.05) is 0 Å². The van der Waals surface area contributed by atoms with Gasteiger partial charge in [0.2, 0.25) is 5.01 Å². The van der Waals surface area contributed by atoms with Crippen molar-refractivity contribution in [1.82, 2.24) is 20.8 Å². The van der Waals surface area contributed by atoms with Gasteiger partial charge in [-0.2, -0.15) is 0 Å². The lowest BCUT2D eigenvalue weighted by Gasteiger charge is -2.12. The van der Waals surface area contributed by atoms with Crippen LogP contribution in [0.15, 0.2) is 48.5 Å². The van der Waals surface area contributed by atoms with Gasteiger partial charge >= 0.3 is 0 Å². The number of benzene rings is 2. The first-order chi connectivity index (χ1) is 13.0. The molecule has 0 radical (unpaired) electrons. The van der Waals surface area contributed by atoms with Gasteiger partial charge in [0.05, 0.1) is 6.54 Å². The number of aryl methyl sites for hydroxylation is 1. The molecule has 27 heavy (non-hydrogen) atoms. The van der Waals surface area contributed by atoms with Crippen LogP contribution in [0.3, 0.4) is 0 Å². The monoisotopic (exact) mass is 400 g/mol. The number of aromatic nitrogens is 2. The third-order valence-corrected chi connectivity index (χ3v) is 5.34. The summed E-state index contributed by atoms with van der Waals surface area (Å²) < 4.78 is 0. The van der Waals surface area contributed by atoms with Crippen LogP contribution in [-0.4, -0.2) is 16.1 Å². The molecule has 0 saturated heterocycles. The fraction of sp³-hybridized carbons (Fsp3) is 0.250. The van der Waals surface area contributed by atoms with E-state index in [0.717, 1.165) is 21.2 Å². The van der Waals surface area contributed by atoms with E-state index in [9.17, 15) is 4.79 Å². The fourth-order valence-electron chi connectivity index (χ4n) is 2.49. The average molecular weight is 401 g/mol. The second kappa shape index (κ2) is 9.08. The van der Waals surface area contributed by atoms with Gasteiger partial charge in [0.1, 0.15) is 5.01 Å². The van der Waals surface area contributed by atoms with Crippen LogP contribution in [0.5, 0.6) is 0 Å². The van der Waals surface area contributed by atoms with E-state index in [1.807, 2.05) is 55.5 Å². The minimum absolute atomic E-state index is 0.144. The van der Waals surface area contributed by atoms with E-state index in [4.69, 9.17) is 11.6 Å². The number of halogens is 1. The lowest BCUT2D eigenvalue weighted by molar-refractivity contribution is 0.0950. The van der Waals surface area contributed by atoms with Crippen molar-refractivity contribution in [2.45, 2.75) is 33.0 Å². The van der Waals surface area contributed by atoms with Crippen molar-refractivity contribution in [3.63, 3.8) is 0 Å². The first kappa shape index (κ1) is 19.5. The highest BCUT2D eigenvalue weighted by Gasteiger charge is 2.13. The third kappa shape index (κ3) is 5.60. The van der Waals surface area contributed by atoms with Crippen molar-refractivity contribution in [2.24, 2.45) is 0 Å². The maximum absolute atomic E-state index is 12.3. The summed E-state index contributed by atoms with van der Waals surface area (Å²) in [6.07, 6.45) is 0. The van der Waals surface area contributed by atoms with Gasteiger partial charge in [0, 0.05) is 17.6 Å². The molecule has 3 aromatic rings. The smallest absolute Gasteiger partial charge is 0.282 e. The molecular formula is C20H21ClN4OS. The molecule has 2 N–H and O–H groups in total. The maximum atomic E-state index is 12.3. The van der Waals surface area contributed by atoms with Crippen molar-refractivity contribution < 1.29 is 4.79 Å². The number of amides is 1. The summed E-state index contributed by atoms with van der Waals surface area (Å²) >= 11 is 7.22. The quantitative estimate of drug-likeness (QED) is 0.621. The number of hydrogen-bond donors (Lipinski definition) is 2. The summed E-state index contributed by atoms with van der Waals surface area (Å²) in [5, 5.41) is 16.2. The Balaban J connectivity index is 1.50. The summed E-state index contributed by atoms with van der Waals surface area (Å²) in [7, 11) is 0. The number of rotatable bonds is 7. The lowest BCUT2D eigenvalue weighted by Crippen LogP contribution is -2.22. The molecule has 0 spiro atoms. The van der Waals surface area contributed by atoms with Gasteiger partial charge in [-0.15, -0.1) is 10.2 Å². The Hall–Kier alpha value is -2.28. The largest absolute Gasteiger partial charge is 0.346 e. The van der Waals surface area contributed by atoms with E-state index in [-0.39, 0.29) is 11.9 Å². The minimum Gasteiger partial charge on any atom is -0.346 e. The maximum Gasteiger partial charge on any atom is 0.282 e. The van der Waals surface area contributed by atoms with Gasteiger partial charge in [0.15, 0.2) is 0 Å². The van der Waals surface area contributed by atoms with Gasteiger partial charge in [-0.25, -0.2) is 0 Å². The van der Waals surface area contributed by atoms with Crippen molar-refractivity contribution >= 4 is 28.8 Å². The predicted octanol–water partition coefficient (Wildman–Crippen LogP) is 4.28. The van der Waals surface area contributed by atoms with Gasteiger partial charge in [0.25, 0.3) is 5.91 Å². The van der Waals surface area contributed by atoms with Crippen molar-refractivity contribution in [3.05, 3.63) is 80.3 Å². The van der Waals surface area contributed by atoms with Crippen LogP contribution in [0.4, 0.5) is 0 Å². The number of hydrogen-bond acceptors (Lipinski definition) is 5. The second-order valence-electron chi connectivity index (χ2n) is 6.32. The molecule has 2 aromatic carbocycles. The first-order valence-electron chi connectivity index (χ1n) is 8.66. The number of nitrogens with zero attached hydrogens (tertiary/aromatic N) is 2. The molecule has 0 bridgehead atoms. The molecule has 5 nitrogen and oxygen atoms in total. The van der Waals surface area contributed by atoms with E-state index in [1.54, 1.807) is 0 Å². The van der Waals surface area contributed by atoms with Crippen molar-refractivity contribution in [1.29, 1.82) is 0 Å². The molecule has 140 valence electrons. The molecule has 1 heterocycles. The zero-order chi connectivity index (χ0) is 19.2. The Kier molecular flexibility index (Phi) is 6.55. The SMILES string of the molecule is Cc1ccc(CNC(=O)c2nnc(CNC(C)c3ccc(Cl)cc3)s2)cc1. The van der Waals surface area contributed by atoms with E-state index in [1.165, 1.54) is 16.9 Å². The first-order valence-corrected chi connectivity index (χ1v) is 9.85. The molecule has 1 aromatic heterocycles. The molecule has 3 rings (SSSR count). The predicted molar refractivity (Wildman–Crippen MR) is 109 cm³/mol. The van der Waals surface area contributed by atoms with E-state index < -0.39 is 0 Å². The van der Waals surface area contributed by atoms with E-state index in [2.05, 4.69) is 27.8 Å². The highest BCUT2D eigenvalue weighted by molar-refractivity contribution is 7.13. The Morgan fingerprint density at radius 1 is 1.07 bits per heavy atom. The summed E-state index contributed by atoms with van der Waals surface area (Å²) in [6.45, 7) is 5.12. The molecule has 1 atom stereocenters. The van der Waals surface area contributed by atoms with Crippen LogP contribution in [0, 0.1) is 6.92 Å². The van der Waals surface area contributed by atoms with Crippen LogP contribution in [0.2, 0.25) is 5.02 Å².